The number of carbonyl (C=O) groups is 2. The van der Waals surface area contributed by atoms with Crippen molar-refractivity contribution in [3.63, 3.8) is 0 Å². The maximum atomic E-state index is 11.8. The molecule has 0 amide bonds. The van der Waals surface area contributed by atoms with Crippen molar-refractivity contribution in [1.29, 1.82) is 0 Å². The first-order valence-electron chi connectivity index (χ1n) is 13.9. The summed E-state index contributed by atoms with van der Waals surface area (Å²) >= 11 is 0. The van der Waals surface area contributed by atoms with Crippen molar-refractivity contribution in [2.75, 3.05) is 0 Å². The van der Waals surface area contributed by atoms with Crippen molar-refractivity contribution in [3.8, 4) is 0 Å². The Morgan fingerprint density at radius 3 is 0.879 bits per heavy atom. The predicted octanol–water partition coefficient (Wildman–Crippen LogP) is 8.97. The molecule has 0 aromatic carbocycles. The van der Waals surface area contributed by atoms with Gasteiger partial charge in [-0.25, -0.2) is 0 Å². The van der Waals surface area contributed by atoms with E-state index >= 15 is 0 Å². The topological polar surface area (TPSA) is 78.4 Å². The van der Waals surface area contributed by atoms with Crippen LogP contribution in [0, 0.1) is 0 Å². The van der Waals surface area contributed by atoms with E-state index in [0.29, 0.717) is 12.8 Å². The van der Waals surface area contributed by atoms with Gasteiger partial charge < -0.3 is 10.9 Å². The first-order chi connectivity index (χ1) is 15.2. The molecule has 0 aliphatic carbocycles. The zero-order chi connectivity index (χ0) is 22.8. The molecule has 0 rings (SSSR count). The molecule has 0 bridgehead atoms. The van der Waals surface area contributed by atoms with Gasteiger partial charge in [-0.15, -0.1) is 0 Å². The van der Waals surface area contributed by atoms with E-state index in [9.17, 15) is 9.59 Å². The Hall–Kier alpha value is 0.736. The molecule has 3 N–H and O–H groups in total. The Morgan fingerprint density at radius 1 is 0.424 bits per heavy atom. The molecule has 0 fully saturated rings. The molecular weight excluding hydrogens is 437 g/mol. The molecule has 5 heteroatoms. The van der Waals surface area contributed by atoms with Crippen molar-refractivity contribution in [2.24, 2.45) is 0 Å². The zero-order valence-electron chi connectivity index (χ0n) is 21.9. The van der Waals surface area contributed by atoms with Crippen LogP contribution in [0.15, 0.2) is 0 Å². The van der Waals surface area contributed by atoms with Gasteiger partial charge in [-0.1, -0.05) is 142 Å². The van der Waals surface area contributed by atoms with Crippen LogP contribution in [0.4, 0.5) is 0 Å². The summed E-state index contributed by atoms with van der Waals surface area (Å²) in [6, 6.07) is 0. The molecule has 0 saturated carbocycles. The predicted molar refractivity (Wildman–Crippen MR) is 145 cm³/mol. The van der Waals surface area contributed by atoms with E-state index in [2.05, 4.69) is 13.8 Å². The van der Waals surface area contributed by atoms with Gasteiger partial charge in [0.1, 0.15) is 0 Å². The molecule has 0 aliphatic heterocycles. The van der Waals surface area contributed by atoms with Gasteiger partial charge in [0.15, 0.2) is 0 Å². The third-order valence-corrected chi connectivity index (χ3v) is 6.20. The van der Waals surface area contributed by atoms with E-state index in [1.165, 1.54) is 116 Å². The molecule has 0 aliphatic rings. The summed E-state index contributed by atoms with van der Waals surface area (Å²) in [6.07, 6.45) is 28.5. The third-order valence-electron chi connectivity index (χ3n) is 6.20. The van der Waals surface area contributed by atoms with Crippen LogP contribution in [0.5, 0.6) is 0 Å². The van der Waals surface area contributed by atoms with E-state index in [1.807, 2.05) is 0 Å². The first kappa shape index (κ1) is 38.3. The van der Waals surface area contributed by atoms with Gasteiger partial charge in [-0.2, -0.15) is 0 Å². The van der Waals surface area contributed by atoms with E-state index in [-0.39, 0.29) is 69.5 Å². The molecule has 0 aromatic heterocycles. The van der Waals surface area contributed by atoms with Crippen LogP contribution in [0.3, 0.4) is 0 Å². The summed E-state index contributed by atoms with van der Waals surface area (Å²) in [4.78, 5) is 23.5. The van der Waals surface area contributed by atoms with Crippen molar-refractivity contribution < 1.29 is 14.3 Å². The van der Waals surface area contributed by atoms with Gasteiger partial charge in [-0.3, -0.25) is 9.59 Å². The van der Waals surface area contributed by atoms with Crippen LogP contribution >= 0.6 is 0 Å². The average Bonchev–Trinajstić information content (AvgIpc) is 2.75. The number of unbranched alkanes of at least 4 members (excludes halogenated alkanes) is 20. The van der Waals surface area contributed by atoms with Crippen LogP contribution in [-0.4, -0.2) is 63.3 Å². The van der Waals surface area contributed by atoms with Crippen molar-refractivity contribution >= 4 is 63.3 Å². The average molecular weight is 496 g/mol. The molecule has 0 aromatic rings. The fourth-order valence-corrected chi connectivity index (χ4v) is 4.10. The Kier molecular flexibility index (Phi) is 38.0. The summed E-state index contributed by atoms with van der Waals surface area (Å²) in [5.41, 5.74) is 0. The van der Waals surface area contributed by atoms with Crippen LogP contribution in [0.25, 0.3) is 0 Å². The molecule has 0 saturated heterocycles. The molecule has 0 radical (unpaired) electrons. The standard InChI is InChI=1S/C28H54O3.K.H3N.H/c1-3-5-7-9-11-13-15-17-19-21-23-25-27(29)31-28(30)26-24-22-20-18-16-14-12-10-8-6-4-2;;;/h3-26H2,1-2H3;;1H3;. The monoisotopic (exact) mass is 495 g/mol. The zero-order valence-corrected chi connectivity index (χ0v) is 21.9. The van der Waals surface area contributed by atoms with Crippen LogP contribution in [-0.2, 0) is 14.3 Å². The molecule has 4 nitrogen and oxygen atoms in total. The number of esters is 2. The Morgan fingerprint density at radius 2 is 0.636 bits per heavy atom. The van der Waals surface area contributed by atoms with Crippen molar-refractivity contribution in [2.45, 2.75) is 168 Å². The first-order valence-corrected chi connectivity index (χ1v) is 13.9. The minimum atomic E-state index is -0.330. The molecule has 0 heterocycles. The molecular formula is C28H58KNO3. The number of carbonyl (C=O) groups excluding carboxylic acids is 2. The number of rotatable bonds is 24. The second-order valence-corrected chi connectivity index (χ2v) is 9.42. The van der Waals surface area contributed by atoms with Gasteiger partial charge in [0, 0.05) is 12.8 Å². The molecule has 33 heavy (non-hydrogen) atoms. The summed E-state index contributed by atoms with van der Waals surface area (Å²) in [5, 5.41) is 0. The molecule has 0 atom stereocenters. The minimum absolute atomic E-state index is 0. The van der Waals surface area contributed by atoms with Gasteiger partial charge in [0.05, 0.1) is 0 Å². The van der Waals surface area contributed by atoms with Crippen LogP contribution in [0.2, 0.25) is 0 Å². The molecule has 0 unspecified atom stereocenters. The Labute approximate surface area is 249 Å². The van der Waals surface area contributed by atoms with Crippen LogP contribution in [0.1, 0.15) is 168 Å². The van der Waals surface area contributed by atoms with E-state index in [0.717, 1.165) is 25.7 Å². The van der Waals surface area contributed by atoms with Gasteiger partial charge >= 0.3 is 63.3 Å². The van der Waals surface area contributed by atoms with Gasteiger partial charge in [0.25, 0.3) is 0 Å². The van der Waals surface area contributed by atoms with Crippen molar-refractivity contribution in [1.82, 2.24) is 6.15 Å². The molecule has 194 valence electrons. The summed E-state index contributed by atoms with van der Waals surface area (Å²) < 4.78 is 4.96. The SMILES string of the molecule is CCCCCCCCCCCCCC(=O)OC(=O)CCCCCCCCCCCCC.N.[KH]. The fourth-order valence-electron chi connectivity index (χ4n) is 4.10. The summed E-state index contributed by atoms with van der Waals surface area (Å²) in [6.45, 7) is 4.51. The number of hydrogen-bond acceptors (Lipinski definition) is 4. The van der Waals surface area contributed by atoms with E-state index in [1.54, 1.807) is 0 Å². The molecule has 0 spiro atoms. The second-order valence-electron chi connectivity index (χ2n) is 9.42. The van der Waals surface area contributed by atoms with Gasteiger partial charge in [-0.05, 0) is 12.8 Å². The number of ether oxygens (including phenoxy) is 1. The summed E-state index contributed by atoms with van der Waals surface area (Å²) in [7, 11) is 0. The van der Waals surface area contributed by atoms with E-state index < -0.39 is 0 Å². The van der Waals surface area contributed by atoms with Crippen molar-refractivity contribution in [3.05, 3.63) is 0 Å². The Bertz CT molecular complexity index is 369. The van der Waals surface area contributed by atoms with Crippen LogP contribution < -0.4 is 6.15 Å². The van der Waals surface area contributed by atoms with Gasteiger partial charge in [0.2, 0.25) is 0 Å². The van der Waals surface area contributed by atoms with E-state index in [4.69, 9.17) is 4.74 Å². The summed E-state index contributed by atoms with van der Waals surface area (Å²) in [5.74, 6) is -0.659. The normalized spacial score (nSPS) is 10.4. The Balaban J connectivity index is -0.00000450. The maximum absolute atomic E-state index is 11.8. The second kappa shape index (κ2) is 32.7. The fraction of sp³-hybridized carbons (Fsp3) is 0.929. The number of hydrogen-bond donors (Lipinski definition) is 1. The third kappa shape index (κ3) is 32.7. The quantitative estimate of drug-likeness (QED) is 0.0627.